The molecular formula is C16H23N3O3S. The molecule has 0 bridgehead atoms. The summed E-state index contributed by atoms with van der Waals surface area (Å²) in [4.78, 5) is 25.7. The van der Waals surface area contributed by atoms with Crippen molar-refractivity contribution in [2.75, 3.05) is 29.6 Å². The standard InChI is InChI=1S/C16H23N3O3S/c1-4-19-10-23-13(14(19)20)9-17-11-6-5-7-12(8-11)18-15(21)16(2,3)22/h5-8,13,17,22H,4,9-10H2,1-3H3,(H,18,21). The number of hydrogen-bond donors (Lipinski definition) is 3. The number of carbonyl (C=O) groups excluding carboxylic acids is 2. The maximum Gasteiger partial charge on any atom is 0.255 e. The van der Waals surface area contributed by atoms with Crippen molar-refractivity contribution in [2.45, 2.75) is 31.6 Å². The van der Waals surface area contributed by atoms with E-state index >= 15 is 0 Å². The number of nitrogens with one attached hydrogen (secondary N) is 2. The molecule has 2 amide bonds. The molecule has 0 spiro atoms. The highest BCUT2D eigenvalue weighted by molar-refractivity contribution is 8.01. The van der Waals surface area contributed by atoms with E-state index in [1.165, 1.54) is 13.8 Å². The van der Waals surface area contributed by atoms with Crippen molar-refractivity contribution in [1.29, 1.82) is 0 Å². The second-order valence-corrected chi connectivity index (χ2v) is 7.11. The summed E-state index contributed by atoms with van der Waals surface area (Å²) < 4.78 is 0. The lowest BCUT2D eigenvalue weighted by Crippen LogP contribution is -2.36. The first kappa shape index (κ1) is 17.6. The van der Waals surface area contributed by atoms with Gasteiger partial charge in [0.25, 0.3) is 5.91 Å². The van der Waals surface area contributed by atoms with Crippen LogP contribution in [0.5, 0.6) is 0 Å². The van der Waals surface area contributed by atoms with Crippen LogP contribution in [0.1, 0.15) is 20.8 Å². The highest BCUT2D eigenvalue weighted by atomic mass is 32.2. The summed E-state index contributed by atoms with van der Waals surface area (Å²) in [5.41, 5.74) is -0.00967. The summed E-state index contributed by atoms with van der Waals surface area (Å²) in [6, 6.07) is 7.22. The highest BCUT2D eigenvalue weighted by Gasteiger charge is 2.30. The van der Waals surface area contributed by atoms with Gasteiger partial charge in [-0.15, -0.1) is 11.8 Å². The Morgan fingerprint density at radius 3 is 2.74 bits per heavy atom. The number of nitrogens with zero attached hydrogens (tertiary/aromatic N) is 1. The third kappa shape index (κ3) is 4.62. The summed E-state index contributed by atoms with van der Waals surface area (Å²) >= 11 is 1.63. The molecule has 1 atom stereocenters. The van der Waals surface area contributed by atoms with Gasteiger partial charge in [-0.3, -0.25) is 9.59 Å². The summed E-state index contributed by atoms with van der Waals surface area (Å²) in [6.07, 6.45) is 0. The molecule has 6 nitrogen and oxygen atoms in total. The molecule has 2 rings (SSSR count). The number of thioether (sulfide) groups is 1. The first-order valence-corrected chi connectivity index (χ1v) is 8.64. The molecule has 1 aromatic carbocycles. The van der Waals surface area contributed by atoms with Gasteiger partial charge in [-0.2, -0.15) is 0 Å². The third-order valence-electron chi connectivity index (χ3n) is 3.57. The predicted octanol–water partition coefficient (Wildman–Crippen LogP) is 1.73. The van der Waals surface area contributed by atoms with E-state index in [9.17, 15) is 14.7 Å². The SMILES string of the molecule is CCN1CSC(CNc2cccc(NC(=O)C(C)(C)O)c2)C1=O. The van der Waals surface area contributed by atoms with Crippen LogP contribution in [0.25, 0.3) is 0 Å². The average Bonchev–Trinajstić information content (AvgIpc) is 2.85. The lowest BCUT2D eigenvalue weighted by Gasteiger charge is -2.17. The lowest BCUT2D eigenvalue weighted by molar-refractivity contribution is -0.130. The van der Waals surface area contributed by atoms with Gasteiger partial charge in [0.1, 0.15) is 10.9 Å². The molecule has 1 unspecified atom stereocenters. The molecule has 7 heteroatoms. The molecule has 1 aliphatic heterocycles. The fourth-order valence-electron chi connectivity index (χ4n) is 2.11. The fraction of sp³-hybridized carbons (Fsp3) is 0.500. The van der Waals surface area contributed by atoms with Crippen molar-refractivity contribution in [2.24, 2.45) is 0 Å². The minimum atomic E-state index is -1.43. The smallest absolute Gasteiger partial charge is 0.255 e. The van der Waals surface area contributed by atoms with Crippen LogP contribution in [0.3, 0.4) is 0 Å². The monoisotopic (exact) mass is 337 g/mol. The van der Waals surface area contributed by atoms with Gasteiger partial charge in [-0.05, 0) is 39.0 Å². The summed E-state index contributed by atoms with van der Waals surface area (Å²) in [6.45, 7) is 6.13. The van der Waals surface area contributed by atoms with Gasteiger partial charge in [-0.1, -0.05) is 6.07 Å². The first-order valence-electron chi connectivity index (χ1n) is 7.59. The van der Waals surface area contributed by atoms with E-state index in [2.05, 4.69) is 10.6 Å². The Kier molecular flexibility index (Phi) is 5.54. The van der Waals surface area contributed by atoms with Crippen molar-refractivity contribution < 1.29 is 14.7 Å². The van der Waals surface area contributed by atoms with E-state index in [0.717, 1.165) is 18.1 Å². The van der Waals surface area contributed by atoms with Crippen molar-refractivity contribution in [3.63, 3.8) is 0 Å². The van der Waals surface area contributed by atoms with E-state index in [4.69, 9.17) is 0 Å². The summed E-state index contributed by atoms with van der Waals surface area (Å²) in [5, 5.41) is 15.5. The summed E-state index contributed by atoms with van der Waals surface area (Å²) in [7, 11) is 0. The molecular weight excluding hydrogens is 314 g/mol. The zero-order valence-electron chi connectivity index (χ0n) is 13.6. The molecule has 0 aromatic heterocycles. The third-order valence-corrected chi connectivity index (χ3v) is 4.80. The van der Waals surface area contributed by atoms with Crippen LogP contribution in [0.15, 0.2) is 24.3 Å². The average molecular weight is 337 g/mol. The first-order chi connectivity index (χ1) is 10.8. The van der Waals surface area contributed by atoms with Crippen molar-refractivity contribution in [3.8, 4) is 0 Å². The molecule has 23 heavy (non-hydrogen) atoms. The molecule has 126 valence electrons. The van der Waals surface area contributed by atoms with Crippen LogP contribution in [0.2, 0.25) is 0 Å². The van der Waals surface area contributed by atoms with Crippen LogP contribution in [-0.4, -0.2) is 51.6 Å². The molecule has 0 aliphatic carbocycles. The van der Waals surface area contributed by atoms with Crippen molar-refractivity contribution in [3.05, 3.63) is 24.3 Å². The maximum absolute atomic E-state index is 12.1. The van der Waals surface area contributed by atoms with Crippen LogP contribution in [0, 0.1) is 0 Å². The van der Waals surface area contributed by atoms with E-state index in [1.54, 1.807) is 23.9 Å². The molecule has 3 N–H and O–H groups in total. The summed E-state index contributed by atoms with van der Waals surface area (Å²) in [5.74, 6) is 0.440. The van der Waals surface area contributed by atoms with Crippen LogP contribution in [0.4, 0.5) is 11.4 Å². The van der Waals surface area contributed by atoms with E-state index < -0.39 is 11.5 Å². The normalized spacial score (nSPS) is 18.2. The second kappa shape index (κ2) is 7.23. The topological polar surface area (TPSA) is 81.7 Å². The number of hydrogen-bond acceptors (Lipinski definition) is 5. The van der Waals surface area contributed by atoms with Gasteiger partial charge in [-0.25, -0.2) is 0 Å². The number of anilines is 2. The van der Waals surface area contributed by atoms with Gasteiger partial charge < -0.3 is 20.6 Å². The van der Waals surface area contributed by atoms with Crippen molar-refractivity contribution in [1.82, 2.24) is 4.90 Å². The molecule has 1 aromatic rings. The minimum Gasteiger partial charge on any atom is -0.383 e. The van der Waals surface area contributed by atoms with E-state index in [-0.39, 0.29) is 11.2 Å². The Bertz CT molecular complexity index is 586. The van der Waals surface area contributed by atoms with Gasteiger partial charge >= 0.3 is 0 Å². The zero-order valence-corrected chi connectivity index (χ0v) is 14.4. The molecule has 0 radical (unpaired) electrons. The maximum atomic E-state index is 12.1. The van der Waals surface area contributed by atoms with Crippen LogP contribution in [-0.2, 0) is 9.59 Å². The lowest BCUT2D eigenvalue weighted by atomic mass is 10.1. The predicted molar refractivity (Wildman–Crippen MR) is 93.5 cm³/mol. The minimum absolute atomic E-state index is 0.0791. The van der Waals surface area contributed by atoms with Crippen LogP contribution < -0.4 is 10.6 Å². The quantitative estimate of drug-likeness (QED) is 0.736. The number of aliphatic hydroxyl groups is 1. The molecule has 1 fully saturated rings. The largest absolute Gasteiger partial charge is 0.383 e. The number of rotatable bonds is 6. The molecule has 1 saturated heterocycles. The zero-order chi connectivity index (χ0) is 17.0. The van der Waals surface area contributed by atoms with Gasteiger partial charge in [0, 0.05) is 24.5 Å². The molecule has 1 heterocycles. The number of amides is 2. The molecule has 0 saturated carbocycles. The number of benzene rings is 1. The van der Waals surface area contributed by atoms with Crippen molar-refractivity contribution >= 4 is 35.0 Å². The second-order valence-electron chi connectivity index (χ2n) is 5.95. The van der Waals surface area contributed by atoms with Gasteiger partial charge in [0.2, 0.25) is 5.91 Å². The fourth-order valence-corrected chi connectivity index (χ4v) is 3.28. The van der Waals surface area contributed by atoms with Gasteiger partial charge in [0.05, 0.1) is 5.88 Å². The Labute approximate surface area is 140 Å². The van der Waals surface area contributed by atoms with E-state index in [1.807, 2.05) is 24.0 Å². The number of carbonyl (C=O) groups is 2. The van der Waals surface area contributed by atoms with Crippen LogP contribution >= 0.6 is 11.8 Å². The molecule has 1 aliphatic rings. The van der Waals surface area contributed by atoms with Gasteiger partial charge in [0.15, 0.2) is 0 Å². The van der Waals surface area contributed by atoms with E-state index in [0.29, 0.717) is 12.2 Å². The Morgan fingerprint density at radius 1 is 1.43 bits per heavy atom. The Balaban J connectivity index is 1.93. The Hall–Kier alpha value is -1.73. The Morgan fingerprint density at radius 2 is 2.13 bits per heavy atom. The highest BCUT2D eigenvalue weighted by Crippen LogP contribution is 2.24.